The van der Waals surface area contributed by atoms with Gasteiger partial charge in [0, 0.05) is 48.8 Å². The van der Waals surface area contributed by atoms with Crippen LogP contribution in [0.25, 0.3) is 0 Å². The minimum atomic E-state index is -4.08. The van der Waals surface area contributed by atoms with Gasteiger partial charge < -0.3 is 5.32 Å². The van der Waals surface area contributed by atoms with Crippen molar-refractivity contribution in [2.45, 2.75) is 68.1 Å². The van der Waals surface area contributed by atoms with Crippen molar-refractivity contribution in [2.24, 2.45) is 0 Å². The molecular formula is C17H32Cl2F3NY. The predicted octanol–water partition coefficient (Wildman–Crippen LogP) is 7.57. The molecule has 1 N–H and O–H groups in total. The van der Waals surface area contributed by atoms with Gasteiger partial charge in [-0.2, -0.15) is 13.2 Å². The Kier molecular flexibility index (Phi) is 25.4. The van der Waals surface area contributed by atoms with E-state index < -0.39 is 12.7 Å². The molecule has 0 aromatic heterocycles. The zero-order chi connectivity index (χ0) is 15.9. The van der Waals surface area contributed by atoms with Crippen molar-refractivity contribution in [3.8, 4) is 0 Å². The molecule has 0 aliphatic carbocycles. The van der Waals surface area contributed by atoms with Crippen LogP contribution in [0.1, 0.15) is 61.5 Å². The first-order valence-corrected chi connectivity index (χ1v) is 7.03. The minimum Gasteiger partial charge on any atom is -0.306 e. The molecule has 0 bridgehead atoms. The van der Waals surface area contributed by atoms with E-state index in [0.717, 1.165) is 0 Å². The standard InChI is InChI=1S/C9H10Cl2.C5H10F3N.3CH4.Y/c1-6(2)7-3-8(10)5-9(11)4-7;1-4(2)9-3-5(6,7)8;;;;/h3-6H,1-2H3;4,9H,3H2,1-2H3;3*1H4;. The van der Waals surface area contributed by atoms with Gasteiger partial charge in [0.1, 0.15) is 0 Å². The van der Waals surface area contributed by atoms with Crippen molar-refractivity contribution in [3.63, 3.8) is 0 Å². The zero-order valence-corrected chi connectivity index (χ0v) is 16.9. The Morgan fingerprint density at radius 2 is 1.29 bits per heavy atom. The van der Waals surface area contributed by atoms with Gasteiger partial charge in [-0.25, -0.2) is 0 Å². The molecular weight excluding hydrogens is 435 g/mol. The summed E-state index contributed by atoms with van der Waals surface area (Å²) < 4.78 is 34.1. The molecule has 0 aliphatic heterocycles. The quantitative estimate of drug-likeness (QED) is 0.484. The largest absolute Gasteiger partial charge is 0.401 e. The minimum absolute atomic E-state index is 0. The fraction of sp³-hybridized carbons (Fsp3) is 0.647. The van der Waals surface area contributed by atoms with Crippen molar-refractivity contribution in [3.05, 3.63) is 33.8 Å². The molecule has 0 unspecified atom stereocenters. The normalized spacial score (nSPS) is 9.62. The van der Waals surface area contributed by atoms with Gasteiger partial charge in [-0.1, -0.05) is 73.2 Å². The molecule has 1 radical (unpaired) electrons. The Hall–Kier alpha value is 0.654. The molecule has 1 aromatic carbocycles. The number of nitrogens with one attached hydrogen (secondary N) is 1. The average molecular weight is 467 g/mol. The van der Waals surface area contributed by atoms with Gasteiger partial charge in [0.15, 0.2) is 0 Å². The summed E-state index contributed by atoms with van der Waals surface area (Å²) in [5.41, 5.74) is 1.18. The van der Waals surface area contributed by atoms with Crippen molar-refractivity contribution in [1.82, 2.24) is 5.32 Å². The van der Waals surface area contributed by atoms with E-state index in [1.807, 2.05) is 12.1 Å². The van der Waals surface area contributed by atoms with Crippen LogP contribution in [0.2, 0.25) is 10.0 Å². The van der Waals surface area contributed by atoms with Crippen LogP contribution >= 0.6 is 23.2 Å². The van der Waals surface area contributed by atoms with Gasteiger partial charge in [0.25, 0.3) is 0 Å². The third-order valence-electron chi connectivity index (χ3n) is 2.26. The maximum absolute atomic E-state index is 11.4. The second kappa shape index (κ2) is 17.1. The van der Waals surface area contributed by atoms with Crippen LogP contribution in [0.5, 0.6) is 0 Å². The van der Waals surface area contributed by atoms with E-state index in [0.29, 0.717) is 16.0 Å². The van der Waals surface area contributed by atoms with Crippen LogP contribution in [0.4, 0.5) is 13.2 Å². The summed E-state index contributed by atoms with van der Waals surface area (Å²) in [6, 6.07) is 5.53. The molecule has 0 fully saturated rings. The van der Waals surface area contributed by atoms with Crippen LogP contribution in [0, 0.1) is 0 Å². The first kappa shape index (κ1) is 35.7. The summed E-state index contributed by atoms with van der Waals surface area (Å²) in [4.78, 5) is 0. The molecule has 0 saturated heterocycles. The fourth-order valence-electron chi connectivity index (χ4n) is 1.23. The topological polar surface area (TPSA) is 12.0 Å². The Bertz CT molecular complexity index is 391. The number of hydrogen-bond acceptors (Lipinski definition) is 1. The molecule has 1 aromatic rings. The number of benzene rings is 1. The van der Waals surface area contributed by atoms with E-state index in [-0.39, 0.29) is 61.0 Å². The summed E-state index contributed by atoms with van der Waals surface area (Å²) in [6.45, 7) is 6.67. The van der Waals surface area contributed by atoms with Gasteiger partial charge >= 0.3 is 6.18 Å². The molecule has 0 aliphatic rings. The van der Waals surface area contributed by atoms with Crippen LogP contribution in [0.15, 0.2) is 18.2 Å². The zero-order valence-electron chi connectivity index (χ0n) is 12.6. The Labute approximate surface area is 182 Å². The van der Waals surface area contributed by atoms with Crippen LogP contribution in [-0.4, -0.2) is 18.8 Å². The van der Waals surface area contributed by atoms with Gasteiger partial charge in [0.05, 0.1) is 6.54 Å². The summed E-state index contributed by atoms with van der Waals surface area (Å²) in [5, 5.41) is 3.68. The van der Waals surface area contributed by atoms with E-state index >= 15 is 0 Å². The predicted molar refractivity (Wildman–Crippen MR) is 99.9 cm³/mol. The molecule has 24 heavy (non-hydrogen) atoms. The average Bonchev–Trinajstić information content (AvgIpc) is 2.25. The number of halogens is 5. The molecule has 1 rings (SSSR count). The van der Waals surface area contributed by atoms with E-state index in [9.17, 15) is 13.2 Å². The van der Waals surface area contributed by atoms with Gasteiger partial charge in [-0.15, -0.1) is 0 Å². The van der Waals surface area contributed by atoms with E-state index in [2.05, 4.69) is 19.2 Å². The monoisotopic (exact) mass is 466 g/mol. The molecule has 7 heteroatoms. The number of alkyl halides is 3. The number of rotatable bonds is 3. The van der Waals surface area contributed by atoms with Gasteiger partial charge in [0.2, 0.25) is 0 Å². The molecule has 0 spiro atoms. The molecule has 0 heterocycles. The van der Waals surface area contributed by atoms with Gasteiger partial charge in [-0.3, -0.25) is 0 Å². The first-order chi connectivity index (χ1) is 9.01. The van der Waals surface area contributed by atoms with Crippen molar-refractivity contribution in [1.29, 1.82) is 0 Å². The van der Waals surface area contributed by atoms with E-state index in [1.165, 1.54) is 5.56 Å². The van der Waals surface area contributed by atoms with Crippen molar-refractivity contribution >= 4 is 23.2 Å². The molecule has 1 nitrogen and oxygen atoms in total. The summed E-state index contributed by atoms with van der Waals surface area (Å²) in [6.07, 6.45) is -4.08. The Morgan fingerprint density at radius 3 is 1.50 bits per heavy atom. The molecule has 0 amide bonds. The maximum atomic E-state index is 11.4. The van der Waals surface area contributed by atoms with Crippen LogP contribution < -0.4 is 5.32 Å². The third kappa shape index (κ3) is 20.7. The third-order valence-corrected chi connectivity index (χ3v) is 2.70. The number of hydrogen-bond donors (Lipinski definition) is 1. The summed E-state index contributed by atoms with van der Waals surface area (Å²) in [5.74, 6) is 0.478. The second-order valence-electron chi connectivity index (χ2n) is 5.01. The first-order valence-electron chi connectivity index (χ1n) is 6.27. The Balaban J connectivity index is -0.0000000874. The molecule has 0 atom stereocenters. The maximum Gasteiger partial charge on any atom is 0.401 e. The summed E-state index contributed by atoms with van der Waals surface area (Å²) in [7, 11) is 0. The van der Waals surface area contributed by atoms with E-state index in [1.54, 1.807) is 19.9 Å². The molecule has 0 saturated carbocycles. The second-order valence-corrected chi connectivity index (χ2v) is 5.88. The van der Waals surface area contributed by atoms with Crippen LogP contribution in [0.3, 0.4) is 0 Å². The SMILES string of the molecule is C.C.C.CC(C)NCC(F)(F)F.CC(C)c1cc(Cl)cc(Cl)c1.[Y]. The van der Waals surface area contributed by atoms with Crippen molar-refractivity contribution < 1.29 is 45.9 Å². The smallest absolute Gasteiger partial charge is 0.306 e. The van der Waals surface area contributed by atoms with Crippen LogP contribution in [-0.2, 0) is 32.7 Å². The van der Waals surface area contributed by atoms with Gasteiger partial charge in [-0.05, 0) is 29.7 Å². The Morgan fingerprint density at radius 1 is 0.917 bits per heavy atom. The molecule has 143 valence electrons. The summed E-state index contributed by atoms with van der Waals surface area (Å²) >= 11 is 11.6. The van der Waals surface area contributed by atoms with Crippen molar-refractivity contribution in [2.75, 3.05) is 6.54 Å². The van der Waals surface area contributed by atoms with E-state index in [4.69, 9.17) is 23.2 Å². The fourth-order valence-corrected chi connectivity index (χ4v) is 1.77.